The molecule has 0 atom stereocenters. The molecule has 0 aliphatic carbocycles. The van der Waals surface area contributed by atoms with Gasteiger partial charge >= 0.3 is 6.18 Å². The summed E-state index contributed by atoms with van der Waals surface area (Å²) in [5.41, 5.74) is -0.911. The van der Waals surface area contributed by atoms with Gasteiger partial charge in [-0.05, 0) is 31.0 Å². The van der Waals surface area contributed by atoms with Gasteiger partial charge in [0.1, 0.15) is 11.6 Å². The Morgan fingerprint density at radius 1 is 1.22 bits per heavy atom. The quantitative estimate of drug-likeness (QED) is 0.601. The first-order valence-corrected chi connectivity index (χ1v) is 5.63. The lowest BCUT2D eigenvalue weighted by molar-refractivity contribution is -0.138. The van der Waals surface area contributed by atoms with E-state index < -0.39 is 17.5 Å². The minimum Gasteiger partial charge on any atom is -0.507 e. The van der Waals surface area contributed by atoms with Crippen molar-refractivity contribution in [1.82, 2.24) is 4.90 Å². The van der Waals surface area contributed by atoms with Crippen molar-refractivity contribution in [2.45, 2.75) is 19.0 Å². The number of hydrogen-bond acceptors (Lipinski definition) is 2. The molecule has 0 aromatic heterocycles. The van der Waals surface area contributed by atoms with Crippen LogP contribution in [0.5, 0.6) is 5.75 Å². The van der Waals surface area contributed by atoms with Crippen LogP contribution in [0.2, 0.25) is 0 Å². The van der Waals surface area contributed by atoms with Gasteiger partial charge in [0.25, 0.3) is 0 Å². The molecule has 0 spiro atoms. The Labute approximate surface area is 102 Å². The summed E-state index contributed by atoms with van der Waals surface area (Å²) in [5, 5.41) is 17.1. The van der Waals surface area contributed by atoms with Gasteiger partial charge < -0.3 is 10.0 Å². The van der Waals surface area contributed by atoms with Crippen LogP contribution in [-0.4, -0.2) is 28.9 Å². The molecule has 1 heterocycles. The number of phenolic OH excluding ortho intramolecular Hbond substituents is 1. The Hall–Kier alpha value is -1.72. The third kappa shape index (κ3) is 2.42. The molecule has 18 heavy (non-hydrogen) atoms. The standard InChI is InChI=1S/C12H13F3N2O/c13-12(14,15)9-7-8(3-4-10(9)18)11(16)17-5-1-2-6-17/h3-4,7,16,18H,1-2,5-6H2. The third-order valence-electron chi connectivity index (χ3n) is 3.00. The number of nitrogens with zero attached hydrogens (tertiary/aromatic N) is 1. The molecule has 3 nitrogen and oxygen atoms in total. The van der Waals surface area contributed by atoms with Crippen LogP contribution in [0.4, 0.5) is 13.2 Å². The monoisotopic (exact) mass is 258 g/mol. The molecular weight excluding hydrogens is 245 g/mol. The summed E-state index contributed by atoms with van der Waals surface area (Å²) in [7, 11) is 0. The van der Waals surface area contributed by atoms with Crippen LogP contribution in [0.3, 0.4) is 0 Å². The van der Waals surface area contributed by atoms with E-state index in [-0.39, 0.29) is 11.4 Å². The Kier molecular flexibility index (Phi) is 3.19. The summed E-state index contributed by atoms with van der Waals surface area (Å²) in [6.45, 7) is 1.39. The lowest BCUT2D eigenvalue weighted by atomic mass is 10.1. The number of nitrogens with one attached hydrogen (secondary N) is 1. The smallest absolute Gasteiger partial charge is 0.419 e. The second-order valence-electron chi connectivity index (χ2n) is 4.27. The molecule has 98 valence electrons. The first-order chi connectivity index (χ1) is 8.39. The highest BCUT2D eigenvalue weighted by Gasteiger charge is 2.34. The molecule has 0 unspecified atom stereocenters. The van der Waals surface area contributed by atoms with Crippen LogP contribution in [-0.2, 0) is 6.18 Å². The summed E-state index contributed by atoms with van der Waals surface area (Å²) in [6, 6.07) is 3.16. The second kappa shape index (κ2) is 4.51. The fourth-order valence-corrected chi connectivity index (χ4v) is 2.03. The summed E-state index contributed by atoms with van der Waals surface area (Å²) in [5.74, 6) is -0.724. The molecule has 0 radical (unpaired) electrons. The lowest BCUT2D eigenvalue weighted by Crippen LogP contribution is -2.27. The fraction of sp³-hybridized carbons (Fsp3) is 0.417. The molecular formula is C12H13F3N2O. The van der Waals surface area contributed by atoms with E-state index >= 15 is 0 Å². The number of aromatic hydroxyl groups is 1. The summed E-state index contributed by atoms with van der Waals surface area (Å²) < 4.78 is 37.9. The predicted octanol–water partition coefficient (Wildman–Crippen LogP) is 2.83. The average molecular weight is 258 g/mol. The minimum absolute atomic E-state index is 0.0815. The van der Waals surface area contributed by atoms with Crippen LogP contribution < -0.4 is 0 Å². The summed E-state index contributed by atoms with van der Waals surface area (Å²) >= 11 is 0. The van der Waals surface area contributed by atoms with Gasteiger partial charge in [0.2, 0.25) is 0 Å². The van der Waals surface area contributed by atoms with Gasteiger partial charge in [0, 0.05) is 18.7 Å². The number of likely N-dealkylation sites (tertiary alicyclic amines) is 1. The maximum atomic E-state index is 12.6. The van der Waals surface area contributed by atoms with Crippen molar-refractivity contribution in [1.29, 1.82) is 5.41 Å². The van der Waals surface area contributed by atoms with E-state index in [1.807, 2.05) is 0 Å². The lowest BCUT2D eigenvalue weighted by Gasteiger charge is -2.19. The largest absolute Gasteiger partial charge is 0.507 e. The number of halogens is 3. The molecule has 0 amide bonds. The van der Waals surface area contributed by atoms with E-state index in [1.54, 1.807) is 4.90 Å². The van der Waals surface area contributed by atoms with Gasteiger partial charge in [-0.2, -0.15) is 13.2 Å². The highest BCUT2D eigenvalue weighted by molar-refractivity contribution is 5.96. The van der Waals surface area contributed by atoms with E-state index in [0.717, 1.165) is 25.0 Å². The minimum atomic E-state index is -4.61. The van der Waals surface area contributed by atoms with Crippen molar-refractivity contribution in [2.24, 2.45) is 0 Å². The van der Waals surface area contributed by atoms with Gasteiger partial charge in [0.05, 0.1) is 5.56 Å². The van der Waals surface area contributed by atoms with E-state index in [4.69, 9.17) is 5.41 Å². The number of phenols is 1. The zero-order valence-corrected chi connectivity index (χ0v) is 9.59. The third-order valence-corrected chi connectivity index (χ3v) is 3.00. The zero-order valence-electron chi connectivity index (χ0n) is 9.59. The van der Waals surface area contributed by atoms with Crippen molar-refractivity contribution in [2.75, 3.05) is 13.1 Å². The zero-order chi connectivity index (χ0) is 13.3. The topological polar surface area (TPSA) is 47.3 Å². The van der Waals surface area contributed by atoms with E-state index in [1.165, 1.54) is 6.07 Å². The van der Waals surface area contributed by atoms with Crippen LogP contribution in [0.25, 0.3) is 0 Å². The van der Waals surface area contributed by atoms with Crippen molar-refractivity contribution < 1.29 is 18.3 Å². The van der Waals surface area contributed by atoms with Gasteiger partial charge in [-0.1, -0.05) is 0 Å². The Morgan fingerprint density at radius 3 is 2.39 bits per heavy atom. The van der Waals surface area contributed by atoms with Crippen LogP contribution in [0.15, 0.2) is 18.2 Å². The van der Waals surface area contributed by atoms with Crippen molar-refractivity contribution in [3.8, 4) is 5.75 Å². The van der Waals surface area contributed by atoms with Crippen LogP contribution in [0, 0.1) is 5.41 Å². The van der Waals surface area contributed by atoms with E-state index in [2.05, 4.69) is 0 Å². The van der Waals surface area contributed by atoms with Gasteiger partial charge in [-0.3, -0.25) is 5.41 Å². The van der Waals surface area contributed by atoms with Crippen LogP contribution >= 0.6 is 0 Å². The Balaban J connectivity index is 2.32. The highest BCUT2D eigenvalue weighted by Crippen LogP contribution is 2.36. The number of hydrogen-bond donors (Lipinski definition) is 2. The molecule has 0 saturated carbocycles. The van der Waals surface area contributed by atoms with Gasteiger partial charge in [0.15, 0.2) is 0 Å². The maximum Gasteiger partial charge on any atom is 0.419 e. The summed E-state index contributed by atoms with van der Waals surface area (Å²) in [6.07, 6.45) is -2.70. The normalized spacial score (nSPS) is 16.1. The molecule has 2 rings (SSSR count). The first-order valence-electron chi connectivity index (χ1n) is 5.63. The summed E-state index contributed by atoms with van der Waals surface area (Å²) in [4.78, 5) is 1.74. The molecule has 1 saturated heterocycles. The molecule has 1 aromatic carbocycles. The number of rotatable bonds is 1. The van der Waals surface area contributed by atoms with E-state index in [9.17, 15) is 18.3 Å². The van der Waals surface area contributed by atoms with Gasteiger partial charge in [-0.25, -0.2) is 0 Å². The Morgan fingerprint density at radius 2 is 1.83 bits per heavy atom. The number of alkyl halides is 3. The molecule has 1 aliphatic rings. The SMILES string of the molecule is N=C(c1ccc(O)c(C(F)(F)F)c1)N1CCCC1. The highest BCUT2D eigenvalue weighted by atomic mass is 19.4. The second-order valence-corrected chi connectivity index (χ2v) is 4.27. The average Bonchev–Trinajstić information content (AvgIpc) is 2.80. The Bertz CT molecular complexity index is 465. The van der Waals surface area contributed by atoms with Crippen molar-refractivity contribution in [3.63, 3.8) is 0 Å². The number of benzene rings is 1. The molecule has 1 aromatic rings. The van der Waals surface area contributed by atoms with Crippen molar-refractivity contribution >= 4 is 5.84 Å². The predicted molar refractivity (Wildman–Crippen MR) is 60.7 cm³/mol. The molecule has 0 bridgehead atoms. The fourth-order valence-electron chi connectivity index (χ4n) is 2.03. The van der Waals surface area contributed by atoms with E-state index in [0.29, 0.717) is 13.1 Å². The first kappa shape index (κ1) is 12.7. The number of amidine groups is 1. The van der Waals surface area contributed by atoms with Crippen molar-refractivity contribution in [3.05, 3.63) is 29.3 Å². The maximum absolute atomic E-state index is 12.6. The molecule has 6 heteroatoms. The molecule has 1 aliphatic heterocycles. The van der Waals surface area contributed by atoms with Gasteiger partial charge in [-0.15, -0.1) is 0 Å². The van der Waals surface area contributed by atoms with Crippen LogP contribution in [0.1, 0.15) is 24.0 Å². The molecule has 1 fully saturated rings. The molecule has 2 N–H and O–H groups in total.